The Balaban J connectivity index is 1.94. The van der Waals surface area contributed by atoms with Crippen LogP contribution in [-0.2, 0) is 6.54 Å². The Kier molecular flexibility index (Phi) is 4.95. The van der Waals surface area contributed by atoms with Gasteiger partial charge in [-0.15, -0.1) is 11.3 Å². The summed E-state index contributed by atoms with van der Waals surface area (Å²) < 4.78 is 0. The van der Waals surface area contributed by atoms with E-state index in [1.165, 1.54) is 23.5 Å². The van der Waals surface area contributed by atoms with E-state index in [4.69, 9.17) is 4.98 Å². The van der Waals surface area contributed by atoms with Gasteiger partial charge in [0.1, 0.15) is 0 Å². The first-order chi connectivity index (χ1) is 8.33. The number of hydrogen-bond acceptors (Lipinski definition) is 4. The van der Waals surface area contributed by atoms with Gasteiger partial charge in [-0.25, -0.2) is 4.98 Å². The largest absolute Gasteiger partial charge is 0.317 e. The minimum atomic E-state index is 0.701. The molecule has 96 valence electrons. The van der Waals surface area contributed by atoms with Crippen molar-refractivity contribution in [2.24, 2.45) is 0 Å². The molecule has 2 rings (SSSR count). The number of nitrogens with zero attached hydrogens (tertiary/aromatic N) is 2. The third-order valence-corrected chi connectivity index (χ3v) is 4.59. The SMILES string of the molecule is CCN(CC)Cc1csc(C2CCNCC2)n1. The van der Waals surface area contributed by atoms with Crippen molar-refractivity contribution in [2.75, 3.05) is 26.2 Å². The minimum absolute atomic E-state index is 0.701. The molecule has 1 N–H and O–H groups in total. The molecule has 0 unspecified atom stereocenters. The molecule has 0 aromatic carbocycles. The van der Waals surface area contributed by atoms with Gasteiger partial charge in [-0.3, -0.25) is 4.90 Å². The van der Waals surface area contributed by atoms with Crippen molar-refractivity contribution in [3.8, 4) is 0 Å². The molecule has 1 aliphatic heterocycles. The molecule has 0 aliphatic carbocycles. The molecule has 0 spiro atoms. The Morgan fingerprint density at radius 2 is 2.06 bits per heavy atom. The molecule has 0 amide bonds. The van der Waals surface area contributed by atoms with Crippen molar-refractivity contribution in [2.45, 2.75) is 39.2 Å². The van der Waals surface area contributed by atoms with E-state index < -0.39 is 0 Å². The third kappa shape index (κ3) is 3.50. The highest BCUT2D eigenvalue weighted by Gasteiger charge is 2.18. The van der Waals surface area contributed by atoms with Crippen LogP contribution in [0.3, 0.4) is 0 Å². The highest BCUT2D eigenvalue weighted by Crippen LogP contribution is 2.28. The van der Waals surface area contributed by atoms with Crippen LogP contribution in [0.15, 0.2) is 5.38 Å². The van der Waals surface area contributed by atoms with E-state index >= 15 is 0 Å². The van der Waals surface area contributed by atoms with Gasteiger partial charge < -0.3 is 5.32 Å². The Hall–Kier alpha value is -0.450. The standard InChI is InChI=1S/C13H23N3S/c1-3-16(4-2)9-12-10-17-13(15-12)11-5-7-14-8-6-11/h10-11,14H,3-9H2,1-2H3. The molecule has 2 heterocycles. The van der Waals surface area contributed by atoms with Crippen molar-refractivity contribution in [3.63, 3.8) is 0 Å². The van der Waals surface area contributed by atoms with E-state index in [1.807, 2.05) is 11.3 Å². The van der Waals surface area contributed by atoms with Crippen LogP contribution in [0.5, 0.6) is 0 Å². The summed E-state index contributed by atoms with van der Waals surface area (Å²) in [6.45, 7) is 9.94. The van der Waals surface area contributed by atoms with Gasteiger partial charge in [-0.1, -0.05) is 13.8 Å². The fourth-order valence-electron chi connectivity index (χ4n) is 2.33. The van der Waals surface area contributed by atoms with E-state index in [2.05, 4.69) is 29.4 Å². The number of hydrogen-bond donors (Lipinski definition) is 1. The summed E-state index contributed by atoms with van der Waals surface area (Å²) in [5.74, 6) is 0.701. The van der Waals surface area contributed by atoms with Crippen LogP contribution in [0, 0.1) is 0 Å². The van der Waals surface area contributed by atoms with E-state index in [9.17, 15) is 0 Å². The monoisotopic (exact) mass is 253 g/mol. The maximum Gasteiger partial charge on any atom is 0.0960 e. The Morgan fingerprint density at radius 1 is 1.35 bits per heavy atom. The summed E-state index contributed by atoms with van der Waals surface area (Å²) in [6, 6.07) is 0. The normalized spacial score (nSPS) is 17.8. The van der Waals surface area contributed by atoms with Gasteiger partial charge >= 0.3 is 0 Å². The Labute approximate surface area is 108 Å². The lowest BCUT2D eigenvalue weighted by molar-refractivity contribution is 0.292. The Morgan fingerprint density at radius 3 is 2.71 bits per heavy atom. The molecule has 3 nitrogen and oxygen atoms in total. The topological polar surface area (TPSA) is 28.2 Å². The van der Waals surface area contributed by atoms with Gasteiger partial charge in [0.15, 0.2) is 0 Å². The van der Waals surface area contributed by atoms with Gasteiger partial charge in [0, 0.05) is 17.8 Å². The maximum absolute atomic E-state index is 4.82. The molecule has 1 aliphatic rings. The maximum atomic E-state index is 4.82. The molecule has 17 heavy (non-hydrogen) atoms. The van der Waals surface area contributed by atoms with Crippen LogP contribution < -0.4 is 5.32 Å². The van der Waals surface area contributed by atoms with Crippen molar-refractivity contribution < 1.29 is 0 Å². The summed E-state index contributed by atoms with van der Waals surface area (Å²) in [5.41, 5.74) is 1.26. The summed E-state index contributed by atoms with van der Waals surface area (Å²) >= 11 is 1.85. The van der Waals surface area contributed by atoms with Crippen LogP contribution in [0.4, 0.5) is 0 Å². The van der Waals surface area contributed by atoms with E-state index in [0.29, 0.717) is 5.92 Å². The van der Waals surface area contributed by atoms with Crippen molar-refractivity contribution >= 4 is 11.3 Å². The van der Waals surface area contributed by atoms with Crippen LogP contribution in [-0.4, -0.2) is 36.1 Å². The van der Waals surface area contributed by atoms with Crippen LogP contribution in [0.25, 0.3) is 0 Å². The zero-order chi connectivity index (χ0) is 12.1. The summed E-state index contributed by atoms with van der Waals surface area (Å²) in [7, 11) is 0. The summed E-state index contributed by atoms with van der Waals surface area (Å²) in [6.07, 6.45) is 2.50. The quantitative estimate of drug-likeness (QED) is 0.873. The predicted molar refractivity (Wildman–Crippen MR) is 73.6 cm³/mol. The second kappa shape index (κ2) is 6.47. The lowest BCUT2D eigenvalue weighted by Crippen LogP contribution is -2.26. The lowest BCUT2D eigenvalue weighted by atomic mass is 9.99. The van der Waals surface area contributed by atoms with E-state index in [-0.39, 0.29) is 0 Å². The van der Waals surface area contributed by atoms with Gasteiger partial charge in [-0.2, -0.15) is 0 Å². The van der Waals surface area contributed by atoms with Crippen LogP contribution >= 0.6 is 11.3 Å². The fourth-order valence-corrected chi connectivity index (χ4v) is 3.31. The molecule has 0 atom stereocenters. The second-order valence-corrected chi connectivity index (χ2v) is 5.55. The molecule has 4 heteroatoms. The summed E-state index contributed by atoms with van der Waals surface area (Å²) in [5, 5.41) is 7.01. The smallest absolute Gasteiger partial charge is 0.0960 e. The molecule has 1 saturated heterocycles. The molecule has 0 saturated carbocycles. The molecule has 0 bridgehead atoms. The average molecular weight is 253 g/mol. The number of thiazole rings is 1. The number of piperidine rings is 1. The van der Waals surface area contributed by atoms with Crippen molar-refractivity contribution in [1.29, 1.82) is 0 Å². The molecule has 1 fully saturated rings. The molecule has 1 aromatic heterocycles. The zero-order valence-corrected chi connectivity index (χ0v) is 11.7. The van der Waals surface area contributed by atoms with E-state index in [1.54, 1.807) is 0 Å². The Bertz CT molecular complexity index is 327. The zero-order valence-electron chi connectivity index (χ0n) is 10.9. The first-order valence-electron chi connectivity index (χ1n) is 6.70. The molecular formula is C13H23N3S. The summed E-state index contributed by atoms with van der Waals surface area (Å²) in [4.78, 5) is 7.24. The fraction of sp³-hybridized carbons (Fsp3) is 0.769. The lowest BCUT2D eigenvalue weighted by Gasteiger charge is -2.20. The number of aromatic nitrogens is 1. The predicted octanol–water partition coefficient (Wildman–Crippen LogP) is 2.45. The number of rotatable bonds is 5. The van der Waals surface area contributed by atoms with Crippen LogP contribution in [0.2, 0.25) is 0 Å². The first kappa shape index (κ1) is 13.0. The highest BCUT2D eigenvalue weighted by atomic mass is 32.1. The van der Waals surface area contributed by atoms with Crippen LogP contribution in [0.1, 0.15) is 43.3 Å². The van der Waals surface area contributed by atoms with Crippen molar-refractivity contribution in [1.82, 2.24) is 15.2 Å². The molecular weight excluding hydrogens is 230 g/mol. The van der Waals surface area contributed by atoms with Crippen molar-refractivity contribution in [3.05, 3.63) is 16.1 Å². The highest BCUT2D eigenvalue weighted by molar-refractivity contribution is 7.09. The molecule has 0 radical (unpaired) electrons. The third-order valence-electron chi connectivity index (χ3n) is 3.54. The van der Waals surface area contributed by atoms with Gasteiger partial charge in [0.25, 0.3) is 0 Å². The molecule has 1 aromatic rings. The number of nitrogens with one attached hydrogen (secondary N) is 1. The van der Waals surface area contributed by atoms with Gasteiger partial charge in [0.2, 0.25) is 0 Å². The van der Waals surface area contributed by atoms with Gasteiger partial charge in [0.05, 0.1) is 10.7 Å². The minimum Gasteiger partial charge on any atom is -0.317 e. The average Bonchev–Trinajstić information content (AvgIpc) is 2.85. The second-order valence-electron chi connectivity index (χ2n) is 4.66. The van der Waals surface area contributed by atoms with E-state index in [0.717, 1.165) is 32.7 Å². The first-order valence-corrected chi connectivity index (χ1v) is 7.58. The van der Waals surface area contributed by atoms with Gasteiger partial charge in [-0.05, 0) is 39.0 Å².